The van der Waals surface area contributed by atoms with E-state index in [1.165, 1.54) is 44.6 Å². The first-order chi connectivity index (χ1) is 14.8. The maximum Gasteiger partial charge on any atom is 0.333 e. The quantitative estimate of drug-likeness (QED) is 0.439. The van der Waals surface area contributed by atoms with Crippen molar-refractivity contribution in [1.29, 1.82) is 0 Å². The molecule has 1 amide bonds. The van der Waals surface area contributed by atoms with E-state index < -0.39 is 22.9 Å². The molecular formula is C20H19FN4O5S. The van der Waals surface area contributed by atoms with Crippen LogP contribution in [0.3, 0.4) is 0 Å². The van der Waals surface area contributed by atoms with E-state index in [1.54, 1.807) is 12.1 Å². The Hall–Kier alpha value is -3.60. The van der Waals surface area contributed by atoms with Gasteiger partial charge >= 0.3 is 5.69 Å². The van der Waals surface area contributed by atoms with Crippen LogP contribution in [0.25, 0.3) is 0 Å². The van der Waals surface area contributed by atoms with Gasteiger partial charge in [-0.15, -0.1) is 0 Å². The van der Waals surface area contributed by atoms with Crippen LogP contribution in [-0.4, -0.2) is 30.9 Å². The molecular weight excluding hydrogens is 427 g/mol. The molecule has 0 radical (unpaired) electrons. The second-order valence-corrected chi connectivity index (χ2v) is 7.41. The Morgan fingerprint density at radius 2 is 1.90 bits per heavy atom. The van der Waals surface area contributed by atoms with E-state index in [0.29, 0.717) is 11.4 Å². The number of rotatable bonds is 6. The van der Waals surface area contributed by atoms with Crippen LogP contribution in [-0.2, 0) is 25.4 Å². The minimum atomic E-state index is -0.773. The van der Waals surface area contributed by atoms with Crippen LogP contribution < -0.4 is 16.6 Å². The molecule has 0 bridgehead atoms. The van der Waals surface area contributed by atoms with Crippen molar-refractivity contribution in [1.82, 2.24) is 14.5 Å². The average molecular weight is 446 g/mol. The van der Waals surface area contributed by atoms with Gasteiger partial charge < -0.3 is 14.8 Å². The predicted molar refractivity (Wildman–Crippen MR) is 114 cm³/mol. The van der Waals surface area contributed by atoms with Gasteiger partial charge in [-0.1, -0.05) is 11.8 Å². The van der Waals surface area contributed by atoms with E-state index in [2.05, 4.69) is 10.3 Å². The molecule has 11 heteroatoms. The molecule has 0 atom stereocenters. The lowest BCUT2D eigenvalue weighted by Crippen LogP contribution is -2.39. The number of carbonyl (C=O) groups excluding carboxylic acids is 1. The summed E-state index contributed by atoms with van der Waals surface area (Å²) in [7, 11) is 2.57. The summed E-state index contributed by atoms with van der Waals surface area (Å²) in [5, 5.41) is 13.1. The number of halogens is 1. The zero-order valence-corrected chi connectivity index (χ0v) is 17.5. The molecule has 3 aromatic rings. The number of hydrogen-bond donors (Lipinski definition) is 2. The summed E-state index contributed by atoms with van der Waals surface area (Å²) in [6.07, 6.45) is 1.49. The average Bonchev–Trinajstić information content (AvgIpc) is 3.28. The van der Waals surface area contributed by atoms with Crippen LogP contribution >= 0.6 is 11.8 Å². The first-order valence-corrected chi connectivity index (χ1v) is 10.0. The Labute approximate surface area is 179 Å². The minimum absolute atomic E-state index is 0.00783. The van der Waals surface area contributed by atoms with E-state index in [0.717, 1.165) is 20.9 Å². The number of aliphatic imine (C=N–C) groups is 1. The summed E-state index contributed by atoms with van der Waals surface area (Å²) in [5.74, 6) is -0.979. The molecule has 0 aliphatic carbocycles. The van der Waals surface area contributed by atoms with Gasteiger partial charge in [-0.2, -0.15) is 0 Å². The molecule has 2 heterocycles. The van der Waals surface area contributed by atoms with Gasteiger partial charge in [0, 0.05) is 14.1 Å². The first kappa shape index (κ1) is 22.1. The van der Waals surface area contributed by atoms with Gasteiger partial charge in [0.05, 0.1) is 24.2 Å². The molecule has 0 saturated carbocycles. The van der Waals surface area contributed by atoms with Gasteiger partial charge in [0.2, 0.25) is 11.8 Å². The molecule has 0 fully saturated rings. The van der Waals surface area contributed by atoms with E-state index in [9.17, 15) is 23.9 Å². The van der Waals surface area contributed by atoms with Crippen LogP contribution in [0.2, 0.25) is 0 Å². The molecule has 1 aromatic carbocycles. The third kappa shape index (κ3) is 5.12. The highest BCUT2D eigenvalue weighted by molar-refractivity contribution is 8.15. The first-order valence-electron chi connectivity index (χ1n) is 9.03. The van der Waals surface area contributed by atoms with E-state index in [1.807, 2.05) is 0 Å². The van der Waals surface area contributed by atoms with Crippen molar-refractivity contribution in [2.45, 2.75) is 6.54 Å². The molecule has 2 aromatic heterocycles. The molecule has 9 nitrogen and oxygen atoms in total. The van der Waals surface area contributed by atoms with Gasteiger partial charge in [-0.25, -0.2) is 14.2 Å². The highest BCUT2D eigenvalue weighted by Crippen LogP contribution is 2.23. The lowest BCUT2D eigenvalue weighted by Gasteiger charge is -2.12. The molecule has 3 rings (SSSR count). The number of furan rings is 1. The third-order valence-electron chi connectivity index (χ3n) is 4.28. The fraction of sp³-hybridized carbons (Fsp3) is 0.200. The Morgan fingerprint density at radius 1 is 1.19 bits per heavy atom. The minimum Gasteiger partial charge on any atom is -0.494 e. The van der Waals surface area contributed by atoms with E-state index >= 15 is 0 Å². The molecule has 0 saturated heterocycles. The number of hydrogen-bond acceptors (Lipinski definition) is 7. The largest absolute Gasteiger partial charge is 0.494 e. The smallest absolute Gasteiger partial charge is 0.333 e. The number of thioether (sulfide) groups is 1. The predicted octanol–water partition coefficient (Wildman–Crippen LogP) is 1.65. The van der Waals surface area contributed by atoms with Crippen molar-refractivity contribution in [3.05, 3.63) is 80.6 Å². The lowest BCUT2D eigenvalue weighted by atomic mass is 10.3. The SMILES string of the molecule is Cn1c(O)c(C(=Nc2ccc(F)cc2)SCC(=O)NCc2ccco2)c(=O)n(C)c1=O. The van der Waals surface area contributed by atoms with Crippen molar-refractivity contribution in [3.63, 3.8) is 0 Å². The molecule has 2 N–H and O–H groups in total. The Kier molecular flexibility index (Phi) is 6.75. The number of aromatic hydroxyl groups is 1. The zero-order chi connectivity index (χ0) is 22.5. The number of nitrogens with one attached hydrogen (secondary N) is 1. The zero-order valence-electron chi connectivity index (χ0n) is 16.7. The van der Waals surface area contributed by atoms with Gasteiger partial charge in [-0.3, -0.25) is 18.7 Å². The summed E-state index contributed by atoms with van der Waals surface area (Å²) in [6.45, 7) is 0.184. The van der Waals surface area contributed by atoms with Crippen molar-refractivity contribution < 1.29 is 18.7 Å². The highest BCUT2D eigenvalue weighted by atomic mass is 32.2. The van der Waals surface area contributed by atoms with Crippen molar-refractivity contribution in [2.24, 2.45) is 19.1 Å². The van der Waals surface area contributed by atoms with Gasteiger partial charge in [0.15, 0.2) is 0 Å². The lowest BCUT2D eigenvalue weighted by molar-refractivity contribution is -0.118. The second kappa shape index (κ2) is 9.47. The summed E-state index contributed by atoms with van der Waals surface area (Å²) in [6, 6.07) is 8.56. The normalized spacial score (nSPS) is 11.5. The van der Waals surface area contributed by atoms with E-state index in [-0.39, 0.29) is 28.8 Å². The summed E-state index contributed by atoms with van der Waals surface area (Å²) >= 11 is 0.895. The Bertz CT molecular complexity index is 1230. The number of benzene rings is 1. The summed E-state index contributed by atoms with van der Waals surface area (Å²) in [4.78, 5) is 41.3. The van der Waals surface area contributed by atoms with Crippen LogP contribution in [0.1, 0.15) is 11.3 Å². The molecule has 0 unspecified atom stereocenters. The standard InChI is InChI=1S/C20H19FN4O5S/c1-24-18(27)16(19(28)25(2)20(24)29)17(23-13-7-5-12(21)6-8-13)31-11-15(26)22-10-14-4-3-9-30-14/h3-9,27H,10-11H2,1-2H3,(H,22,26). The van der Waals surface area contributed by atoms with Crippen LogP contribution in [0.4, 0.5) is 10.1 Å². The second-order valence-electron chi connectivity index (χ2n) is 6.44. The Morgan fingerprint density at radius 3 is 2.55 bits per heavy atom. The fourth-order valence-electron chi connectivity index (χ4n) is 2.60. The highest BCUT2D eigenvalue weighted by Gasteiger charge is 2.21. The maximum atomic E-state index is 13.2. The summed E-state index contributed by atoms with van der Waals surface area (Å²) in [5.41, 5.74) is -1.42. The van der Waals surface area contributed by atoms with Crippen molar-refractivity contribution >= 4 is 28.4 Å². The molecule has 31 heavy (non-hydrogen) atoms. The van der Waals surface area contributed by atoms with Crippen LogP contribution in [0.15, 0.2) is 61.7 Å². The number of amides is 1. The maximum absolute atomic E-state index is 13.2. The van der Waals surface area contributed by atoms with Crippen molar-refractivity contribution in [2.75, 3.05) is 5.75 Å². The monoisotopic (exact) mass is 446 g/mol. The van der Waals surface area contributed by atoms with Crippen molar-refractivity contribution in [3.8, 4) is 5.88 Å². The third-order valence-corrected chi connectivity index (χ3v) is 5.26. The van der Waals surface area contributed by atoms with Crippen LogP contribution in [0, 0.1) is 5.82 Å². The van der Waals surface area contributed by atoms with Crippen LogP contribution in [0.5, 0.6) is 5.88 Å². The topological polar surface area (TPSA) is 119 Å². The number of carbonyl (C=O) groups is 1. The number of aromatic nitrogens is 2. The van der Waals surface area contributed by atoms with Gasteiger partial charge in [-0.05, 0) is 36.4 Å². The van der Waals surface area contributed by atoms with Gasteiger partial charge in [0.1, 0.15) is 22.2 Å². The molecule has 162 valence electrons. The summed E-state index contributed by atoms with van der Waals surface area (Å²) < 4.78 is 20.1. The molecule has 0 aliphatic rings. The Balaban J connectivity index is 1.93. The molecule has 0 spiro atoms. The van der Waals surface area contributed by atoms with E-state index in [4.69, 9.17) is 4.42 Å². The number of nitrogens with zero attached hydrogens (tertiary/aromatic N) is 3. The fourth-order valence-corrected chi connectivity index (χ4v) is 3.46. The molecule has 0 aliphatic heterocycles. The van der Waals surface area contributed by atoms with Gasteiger partial charge in [0.25, 0.3) is 5.56 Å².